The summed E-state index contributed by atoms with van der Waals surface area (Å²) in [6, 6.07) is 0. The molecule has 0 N–H and O–H groups in total. The van der Waals surface area contributed by atoms with E-state index in [1.165, 1.54) is 13.0 Å². The summed E-state index contributed by atoms with van der Waals surface area (Å²) in [6.45, 7) is 6.54. The Kier molecular flexibility index (Phi) is 3.07. The fourth-order valence-electron chi connectivity index (χ4n) is 1.46. The van der Waals surface area contributed by atoms with Crippen molar-refractivity contribution in [3.63, 3.8) is 0 Å². The minimum absolute atomic E-state index is 0.507. The Morgan fingerprint density at radius 1 is 1.20 bits per heavy atom. The molecule has 0 bridgehead atoms. The predicted molar refractivity (Wildman–Crippen MR) is 54.8 cm³/mol. The molecular weight excluding hydrogens is 203 g/mol. The highest BCUT2D eigenvalue weighted by molar-refractivity contribution is 5.88. The summed E-state index contributed by atoms with van der Waals surface area (Å²) in [5.41, 5.74) is 1.22. The molecule has 1 aliphatic rings. The van der Waals surface area contributed by atoms with Crippen LogP contribution in [-0.2, 0) is 0 Å². The normalized spacial score (nSPS) is 23.5. The summed E-state index contributed by atoms with van der Waals surface area (Å²) < 4.78 is 38.1. The SMILES string of the molecule is CC1=NC(C)=C(C)C=C(C(F)(F)F)C1C. The van der Waals surface area contributed by atoms with Crippen LogP contribution in [0.4, 0.5) is 13.2 Å². The van der Waals surface area contributed by atoms with E-state index in [0.29, 0.717) is 17.0 Å². The molecule has 1 atom stereocenters. The van der Waals surface area contributed by atoms with Crippen LogP contribution < -0.4 is 0 Å². The van der Waals surface area contributed by atoms with Crippen LogP contribution in [0.25, 0.3) is 0 Å². The maximum atomic E-state index is 12.7. The second-order valence-corrected chi connectivity index (χ2v) is 3.84. The summed E-state index contributed by atoms with van der Waals surface area (Å²) >= 11 is 0. The Morgan fingerprint density at radius 3 is 2.20 bits per heavy atom. The summed E-state index contributed by atoms with van der Waals surface area (Å²) in [7, 11) is 0. The van der Waals surface area contributed by atoms with Crippen molar-refractivity contribution >= 4 is 5.71 Å². The van der Waals surface area contributed by atoms with Crippen molar-refractivity contribution in [2.45, 2.75) is 33.9 Å². The van der Waals surface area contributed by atoms with Crippen molar-refractivity contribution in [1.29, 1.82) is 0 Å². The molecule has 0 saturated heterocycles. The highest BCUT2D eigenvalue weighted by Crippen LogP contribution is 2.35. The first-order chi connectivity index (χ1) is 6.73. The van der Waals surface area contributed by atoms with Crippen LogP contribution >= 0.6 is 0 Å². The number of rotatable bonds is 0. The van der Waals surface area contributed by atoms with Crippen LogP contribution in [0.1, 0.15) is 27.7 Å². The van der Waals surface area contributed by atoms with Crippen molar-refractivity contribution in [1.82, 2.24) is 0 Å². The topological polar surface area (TPSA) is 12.4 Å². The number of halogens is 3. The summed E-state index contributed by atoms with van der Waals surface area (Å²) in [5.74, 6) is -0.669. The van der Waals surface area contributed by atoms with Crippen molar-refractivity contribution in [2.75, 3.05) is 0 Å². The van der Waals surface area contributed by atoms with Crippen LogP contribution in [0, 0.1) is 5.92 Å². The zero-order valence-corrected chi connectivity index (χ0v) is 9.24. The van der Waals surface area contributed by atoms with E-state index in [9.17, 15) is 13.2 Å². The average Bonchev–Trinajstić information content (AvgIpc) is 2.17. The van der Waals surface area contributed by atoms with Gasteiger partial charge in [-0.05, 0) is 32.4 Å². The first-order valence-electron chi connectivity index (χ1n) is 4.75. The van der Waals surface area contributed by atoms with Crippen LogP contribution in [0.3, 0.4) is 0 Å². The molecule has 4 heteroatoms. The van der Waals surface area contributed by atoms with Crippen molar-refractivity contribution < 1.29 is 13.2 Å². The minimum atomic E-state index is -4.28. The molecule has 0 amide bonds. The van der Waals surface area contributed by atoms with E-state index in [0.717, 1.165) is 0 Å². The van der Waals surface area contributed by atoms with E-state index in [2.05, 4.69) is 4.99 Å². The fourth-order valence-corrected chi connectivity index (χ4v) is 1.46. The molecule has 1 nitrogen and oxygen atoms in total. The van der Waals surface area contributed by atoms with Crippen molar-refractivity contribution in [3.8, 4) is 0 Å². The van der Waals surface area contributed by atoms with Crippen molar-refractivity contribution in [2.24, 2.45) is 10.9 Å². The van der Waals surface area contributed by atoms with E-state index in [4.69, 9.17) is 0 Å². The third-order valence-corrected chi connectivity index (χ3v) is 2.71. The maximum Gasteiger partial charge on any atom is 0.413 e. The van der Waals surface area contributed by atoms with E-state index in [-0.39, 0.29) is 0 Å². The molecule has 0 aromatic heterocycles. The quantitative estimate of drug-likeness (QED) is 0.584. The Bertz CT molecular complexity index is 359. The second-order valence-electron chi connectivity index (χ2n) is 3.84. The largest absolute Gasteiger partial charge is 0.413 e. The number of nitrogens with zero attached hydrogens (tertiary/aromatic N) is 1. The molecule has 1 rings (SSSR count). The molecule has 0 fully saturated rings. The van der Waals surface area contributed by atoms with Gasteiger partial charge in [0.05, 0.1) is 0 Å². The second kappa shape index (κ2) is 3.83. The van der Waals surface area contributed by atoms with Gasteiger partial charge in [-0.25, -0.2) is 0 Å². The summed E-state index contributed by atoms with van der Waals surface area (Å²) in [5, 5.41) is 0. The fraction of sp³-hybridized carbons (Fsp3) is 0.545. The van der Waals surface area contributed by atoms with Gasteiger partial charge < -0.3 is 0 Å². The zero-order chi connectivity index (χ0) is 11.8. The summed E-state index contributed by atoms with van der Waals surface area (Å²) in [4.78, 5) is 4.15. The first-order valence-corrected chi connectivity index (χ1v) is 4.75. The van der Waals surface area contributed by atoms with Gasteiger partial charge in [0.2, 0.25) is 0 Å². The average molecular weight is 217 g/mol. The maximum absolute atomic E-state index is 12.7. The van der Waals surface area contributed by atoms with Crippen molar-refractivity contribution in [3.05, 3.63) is 22.9 Å². The molecule has 0 radical (unpaired) electrons. The number of aliphatic imine (C=N–C) groups is 1. The van der Waals surface area contributed by atoms with E-state index >= 15 is 0 Å². The zero-order valence-electron chi connectivity index (χ0n) is 9.24. The molecule has 0 aromatic rings. The smallest absolute Gasteiger partial charge is 0.262 e. The van der Waals surface area contributed by atoms with Crippen LogP contribution in [0.2, 0.25) is 0 Å². The van der Waals surface area contributed by atoms with E-state index in [1.54, 1.807) is 20.8 Å². The molecule has 0 spiro atoms. The number of allylic oxidation sites excluding steroid dienone is 4. The Hall–Kier alpha value is -1.06. The van der Waals surface area contributed by atoms with Crippen LogP contribution in [-0.4, -0.2) is 11.9 Å². The van der Waals surface area contributed by atoms with Crippen LogP contribution in [0.5, 0.6) is 0 Å². The Labute approximate surface area is 87.4 Å². The van der Waals surface area contributed by atoms with E-state index < -0.39 is 17.7 Å². The molecular formula is C11H14F3N. The van der Waals surface area contributed by atoms with Gasteiger partial charge in [-0.3, -0.25) is 4.99 Å². The number of hydrogen-bond acceptors (Lipinski definition) is 1. The van der Waals surface area contributed by atoms with Gasteiger partial charge in [-0.15, -0.1) is 0 Å². The molecule has 15 heavy (non-hydrogen) atoms. The molecule has 0 aromatic carbocycles. The third-order valence-electron chi connectivity index (χ3n) is 2.71. The Balaban J connectivity index is 3.30. The van der Waals surface area contributed by atoms with Gasteiger partial charge in [0.15, 0.2) is 0 Å². The van der Waals surface area contributed by atoms with Gasteiger partial charge in [-0.1, -0.05) is 6.92 Å². The first kappa shape index (κ1) is 12.0. The van der Waals surface area contributed by atoms with Gasteiger partial charge in [0, 0.05) is 22.9 Å². The van der Waals surface area contributed by atoms with Gasteiger partial charge >= 0.3 is 6.18 Å². The van der Waals surface area contributed by atoms with Crippen LogP contribution in [0.15, 0.2) is 27.9 Å². The standard InChI is InChI=1S/C11H14F3N/c1-6-5-10(11(12,13)14)7(2)9(4)15-8(6)3/h5,7H,1-4H3. The molecule has 84 valence electrons. The lowest BCUT2D eigenvalue weighted by Crippen LogP contribution is -2.22. The third kappa shape index (κ3) is 2.49. The summed E-state index contributed by atoms with van der Waals surface area (Å²) in [6.07, 6.45) is -3.08. The highest BCUT2D eigenvalue weighted by atomic mass is 19.4. The minimum Gasteiger partial charge on any atom is -0.262 e. The molecule has 0 aliphatic carbocycles. The van der Waals surface area contributed by atoms with Gasteiger partial charge in [-0.2, -0.15) is 13.2 Å². The van der Waals surface area contributed by atoms with Gasteiger partial charge in [0.1, 0.15) is 0 Å². The number of alkyl halides is 3. The monoisotopic (exact) mass is 217 g/mol. The lowest BCUT2D eigenvalue weighted by atomic mass is 9.95. The molecule has 1 heterocycles. The lowest BCUT2D eigenvalue weighted by Gasteiger charge is -2.17. The molecule has 1 unspecified atom stereocenters. The molecule has 0 saturated carbocycles. The molecule has 1 aliphatic heterocycles. The van der Waals surface area contributed by atoms with Gasteiger partial charge in [0.25, 0.3) is 0 Å². The van der Waals surface area contributed by atoms with E-state index in [1.807, 2.05) is 0 Å². The lowest BCUT2D eigenvalue weighted by molar-refractivity contribution is -0.0959. The highest BCUT2D eigenvalue weighted by Gasteiger charge is 2.38. The Morgan fingerprint density at radius 2 is 1.73 bits per heavy atom. The predicted octanol–water partition coefficient (Wildman–Crippen LogP) is 3.88. The number of hydrogen-bond donors (Lipinski definition) is 0.